The zero-order valence-electron chi connectivity index (χ0n) is 13.4. The van der Waals surface area contributed by atoms with Crippen LogP contribution in [0.1, 0.15) is 38.3 Å². The highest BCUT2D eigenvalue weighted by atomic mass is 35.5. The Kier molecular flexibility index (Phi) is 5.88. The number of hydrogen-bond acceptors (Lipinski definition) is 3. The number of hydrogen-bond donors (Lipinski definition) is 1. The third kappa shape index (κ3) is 4.22. The lowest BCUT2D eigenvalue weighted by atomic mass is 9.90. The molecule has 1 aliphatic rings. The molecular formula is C16H25ClN2O2S. The van der Waals surface area contributed by atoms with Crippen LogP contribution in [-0.2, 0) is 10.0 Å². The molecule has 3 atom stereocenters. The Morgan fingerprint density at radius 2 is 2.09 bits per heavy atom. The number of rotatable bonds is 5. The van der Waals surface area contributed by atoms with Crippen molar-refractivity contribution in [1.82, 2.24) is 9.62 Å². The van der Waals surface area contributed by atoms with Gasteiger partial charge in [-0.05, 0) is 30.9 Å². The summed E-state index contributed by atoms with van der Waals surface area (Å²) in [5, 5.41) is 4.41. The number of benzene rings is 1. The molecule has 0 radical (unpaired) electrons. The number of halogens is 1. The molecule has 2 rings (SSSR count). The average Bonchev–Trinajstić information content (AvgIpc) is 2.46. The van der Waals surface area contributed by atoms with E-state index < -0.39 is 10.0 Å². The van der Waals surface area contributed by atoms with Crippen molar-refractivity contribution in [2.75, 3.05) is 19.3 Å². The van der Waals surface area contributed by atoms with Crippen molar-refractivity contribution in [2.24, 2.45) is 5.92 Å². The van der Waals surface area contributed by atoms with E-state index in [2.05, 4.69) is 19.2 Å². The van der Waals surface area contributed by atoms with Crippen molar-refractivity contribution < 1.29 is 8.42 Å². The van der Waals surface area contributed by atoms with E-state index in [4.69, 9.17) is 11.6 Å². The Labute approximate surface area is 138 Å². The van der Waals surface area contributed by atoms with Crippen molar-refractivity contribution in [3.63, 3.8) is 0 Å². The Hall–Kier alpha value is -0.620. The molecule has 0 bridgehead atoms. The van der Waals surface area contributed by atoms with E-state index in [-0.39, 0.29) is 6.04 Å². The third-order valence-corrected chi connectivity index (χ3v) is 6.14. The molecule has 0 spiro atoms. The molecule has 0 aliphatic carbocycles. The maximum absolute atomic E-state index is 11.7. The fourth-order valence-electron chi connectivity index (χ4n) is 3.17. The fourth-order valence-corrected chi connectivity index (χ4v) is 4.37. The van der Waals surface area contributed by atoms with E-state index in [1.165, 1.54) is 6.26 Å². The van der Waals surface area contributed by atoms with Crippen LogP contribution in [0, 0.1) is 5.92 Å². The molecule has 22 heavy (non-hydrogen) atoms. The number of sulfonamides is 1. The van der Waals surface area contributed by atoms with Gasteiger partial charge in [-0.2, -0.15) is 0 Å². The molecule has 0 saturated carbocycles. The van der Waals surface area contributed by atoms with Gasteiger partial charge in [0.25, 0.3) is 0 Å². The lowest BCUT2D eigenvalue weighted by Gasteiger charge is -2.39. The van der Waals surface area contributed by atoms with Gasteiger partial charge in [0, 0.05) is 30.2 Å². The number of nitrogens with zero attached hydrogens (tertiary/aromatic N) is 1. The van der Waals surface area contributed by atoms with Gasteiger partial charge in [-0.3, -0.25) is 0 Å². The van der Waals surface area contributed by atoms with E-state index in [0.29, 0.717) is 25.0 Å². The molecule has 1 N–H and O–H groups in total. The van der Waals surface area contributed by atoms with Gasteiger partial charge in [0.05, 0.1) is 6.26 Å². The van der Waals surface area contributed by atoms with Gasteiger partial charge >= 0.3 is 0 Å². The minimum Gasteiger partial charge on any atom is -0.307 e. The van der Waals surface area contributed by atoms with Gasteiger partial charge in [0.1, 0.15) is 0 Å². The average molecular weight is 345 g/mol. The topological polar surface area (TPSA) is 49.4 Å². The van der Waals surface area contributed by atoms with Crippen molar-refractivity contribution >= 4 is 21.6 Å². The minimum atomic E-state index is -3.10. The summed E-state index contributed by atoms with van der Waals surface area (Å²) >= 11 is 6.26. The van der Waals surface area contributed by atoms with E-state index in [0.717, 1.165) is 23.4 Å². The van der Waals surface area contributed by atoms with Crippen LogP contribution in [-0.4, -0.2) is 38.1 Å². The van der Waals surface area contributed by atoms with Gasteiger partial charge in [0.15, 0.2) is 0 Å². The lowest BCUT2D eigenvalue weighted by molar-refractivity contribution is 0.193. The first-order chi connectivity index (χ1) is 10.3. The van der Waals surface area contributed by atoms with Crippen LogP contribution in [0.3, 0.4) is 0 Å². The van der Waals surface area contributed by atoms with Crippen LogP contribution in [0.4, 0.5) is 0 Å². The predicted octanol–water partition coefficient (Wildman–Crippen LogP) is 3.05. The molecule has 4 nitrogen and oxygen atoms in total. The molecular weight excluding hydrogens is 320 g/mol. The molecule has 1 aromatic rings. The SMILES string of the molecule is CC[C@@H]1CN(S(C)(=O)=O)CC[C@H]1N[C@@H](C)c1ccccc1Cl. The summed E-state index contributed by atoms with van der Waals surface area (Å²) in [4.78, 5) is 0. The van der Waals surface area contributed by atoms with Gasteiger partial charge in [-0.15, -0.1) is 0 Å². The molecule has 0 amide bonds. The van der Waals surface area contributed by atoms with Crippen molar-refractivity contribution in [2.45, 2.75) is 38.8 Å². The Morgan fingerprint density at radius 1 is 1.41 bits per heavy atom. The van der Waals surface area contributed by atoms with Crippen molar-refractivity contribution in [3.8, 4) is 0 Å². The first kappa shape index (κ1) is 17.7. The van der Waals surface area contributed by atoms with E-state index in [1.807, 2.05) is 24.3 Å². The first-order valence-electron chi connectivity index (χ1n) is 7.78. The lowest BCUT2D eigenvalue weighted by Crippen LogP contribution is -2.51. The molecule has 6 heteroatoms. The largest absolute Gasteiger partial charge is 0.307 e. The second-order valence-corrected chi connectivity index (χ2v) is 8.48. The van der Waals surface area contributed by atoms with Crippen LogP contribution >= 0.6 is 11.6 Å². The summed E-state index contributed by atoms with van der Waals surface area (Å²) in [7, 11) is -3.10. The van der Waals surface area contributed by atoms with Crippen LogP contribution in [0.2, 0.25) is 5.02 Å². The van der Waals surface area contributed by atoms with Crippen LogP contribution < -0.4 is 5.32 Å². The van der Waals surface area contributed by atoms with Crippen LogP contribution in [0.5, 0.6) is 0 Å². The van der Waals surface area contributed by atoms with Crippen molar-refractivity contribution in [3.05, 3.63) is 34.9 Å². The second kappa shape index (κ2) is 7.30. The highest BCUT2D eigenvalue weighted by molar-refractivity contribution is 7.88. The predicted molar refractivity (Wildman–Crippen MR) is 91.6 cm³/mol. The van der Waals surface area contributed by atoms with Gasteiger partial charge in [-0.25, -0.2) is 12.7 Å². The quantitative estimate of drug-likeness (QED) is 0.893. The minimum absolute atomic E-state index is 0.150. The highest BCUT2D eigenvalue weighted by Crippen LogP contribution is 2.27. The second-order valence-electron chi connectivity index (χ2n) is 6.09. The summed E-state index contributed by atoms with van der Waals surface area (Å²) in [6.45, 7) is 5.41. The fraction of sp³-hybridized carbons (Fsp3) is 0.625. The molecule has 1 aliphatic heterocycles. The Morgan fingerprint density at radius 3 is 2.68 bits per heavy atom. The molecule has 0 aromatic heterocycles. The summed E-state index contributed by atoms with van der Waals surface area (Å²) in [5.41, 5.74) is 1.09. The monoisotopic (exact) mass is 344 g/mol. The summed E-state index contributed by atoms with van der Waals surface area (Å²) in [6, 6.07) is 8.32. The first-order valence-corrected chi connectivity index (χ1v) is 10.0. The van der Waals surface area contributed by atoms with Crippen LogP contribution in [0.15, 0.2) is 24.3 Å². The summed E-state index contributed by atoms with van der Waals surface area (Å²) in [5.74, 6) is 0.327. The van der Waals surface area contributed by atoms with E-state index in [1.54, 1.807) is 4.31 Å². The Balaban J connectivity index is 2.05. The molecule has 1 saturated heterocycles. The maximum atomic E-state index is 11.7. The zero-order chi connectivity index (χ0) is 16.3. The summed E-state index contributed by atoms with van der Waals surface area (Å²) < 4.78 is 25.1. The van der Waals surface area contributed by atoms with Gasteiger partial charge in [0.2, 0.25) is 10.0 Å². The number of nitrogens with one attached hydrogen (secondary N) is 1. The molecule has 1 heterocycles. The van der Waals surface area contributed by atoms with Crippen LogP contribution in [0.25, 0.3) is 0 Å². The zero-order valence-corrected chi connectivity index (χ0v) is 15.0. The summed E-state index contributed by atoms with van der Waals surface area (Å²) in [6.07, 6.45) is 3.08. The third-order valence-electron chi connectivity index (χ3n) is 4.53. The number of piperidine rings is 1. The smallest absolute Gasteiger partial charge is 0.211 e. The molecule has 1 aromatic carbocycles. The van der Waals surface area contributed by atoms with Gasteiger partial charge in [-0.1, -0.05) is 43.1 Å². The standard InChI is InChI=1S/C16H25ClN2O2S/c1-4-13-11-19(22(3,20)21)10-9-16(13)18-12(2)14-7-5-6-8-15(14)17/h5-8,12-13,16,18H,4,9-11H2,1-3H3/t12-,13+,16+/m0/s1. The normalized spacial score (nSPS) is 25.1. The van der Waals surface area contributed by atoms with Crippen molar-refractivity contribution in [1.29, 1.82) is 0 Å². The van der Waals surface area contributed by atoms with E-state index in [9.17, 15) is 8.42 Å². The highest BCUT2D eigenvalue weighted by Gasteiger charge is 2.32. The molecule has 1 fully saturated rings. The molecule has 124 valence electrons. The Bertz CT molecular complexity index is 606. The van der Waals surface area contributed by atoms with Gasteiger partial charge < -0.3 is 5.32 Å². The van der Waals surface area contributed by atoms with E-state index >= 15 is 0 Å². The maximum Gasteiger partial charge on any atom is 0.211 e. The molecule has 0 unspecified atom stereocenters.